The summed E-state index contributed by atoms with van der Waals surface area (Å²) in [6, 6.07) is 7.62. The van der Waals surface area contributed by atoms with E-state index in [9.17, 15) is 0 Å². The maximum absolute atomic E-state index is 6.20. The Morgan fingerprint density at radius 3 is 2.95 bits per heavy atom. The van der Waals surface area contributed by atoms with Crippen LogP contribution in [0.1, 0.15) is 12.5 Å². The van der Waals surface area contributed by atoms with Gasteiger partial charge in [-0.2, -0.15) is 5.10 Å². The lowest BCUT2D eigenvalue weighted by atomic mass is 10.2. The number of anilines is 1. The zero-order valence-corrected chi connectivity index (χ0v) is 12.1. The highest BCUT2D eigenvalue weighted by Gasteiger charge is 2.08. The van der Waals surface area contributed by atoms with Gasteiger partial charge in [0.05, 0.1) is 17.3 Å². The van der Waals surface area contributed by atoms with E-state index in [-0.39, 0.29) is 6.04 Å². The number of nitrogens with zero attached hydrogens (tertiary/aromatic N) is 2. The van der Waals surface area contributed by atoms with Crippen molar-refractivity contribution in [2.24, 2.45) is 5.73 Å². The largest absolute Gasteiger partial charge is 0.389 e. The van der Waals surface area contributed by atoms with E-state index in [1.807, 2.05) is 29.1 Å². The number of aromatic nitrogens is 2. The minimum Gasteiger partial charge on any atom is -0.389 e. The van der Waals surface area contributed by atoms with Gasteiger partial charge in [-0.15, -0.1) is 0 Å². The van der Waals surface area contributed by atoms with Crippen LogP contribution in [0.4, 0.5) is 5.69 Å². The van der Waals surface area contributed by atoms with E-state index in [0.717, 1.165) is 17.8 Å². The number of halogens is 1. The Kier molecular flexibility index (Phi) is 4.39. The average Bonchev–Trinajstić information content (AvgIpc) is 2.84. The molecule has 1 atom stereocenters. The minimum atomic E-state index is 0.202. The highest BCUT2D eigenvalue weighted by Crippen LogP contribution is 2.23. The number of nitrogens with one attached hydrogen (secondary N) is 1. The summed E-state index contributed by atoms with van der Waals surface area (Å²) >= 11 is 11.1. The zero-order chi connectivity index (χ0) is 13.8. The van der Waals surface area contributed by atoms with Gasteiger partial charge in [0.2, 0.25) is 0 Å². The first kappa shape index (κ1) is 13.8. The van der Waals surface area contributed by atoms with Crippen molar-refractivity contribution < 1.29 is 0 Å². The van der Waals surface area contributed by atoms with Crippen LogP contribution < -0.4 is 11.1 Å². The molecule has 0 fully saturated rings. The Balaban J connectivity index is 2.04. The maximum atomic E-state index is 6.20. The predicted molar refractivity (Wildman–Crippen MR) is 82.7 cm³/mol. The molecule has 2 aromatic rings. The second-order valence-corrected chi connectivity index (χ2v) is 5.18. The monoisotopic (exact) mass is 294 g/mol. The van der Waals surface area contributed by atoms with Gasteiger partial charge in [-0.05, 0) is 31.2 Å². The third kappa shape index (κ3) is 3.68. The van der Waals surface area contributed by atoms with Gasteiger partial charge in [-0.1, -0.05) is 23.8 Å². The van der Waals surface area contributed by atoms with Crippen LogP contribution in [0.15, 0.2) is 36.7 Å². The summed E-state index contributed by atoms with van der Waals surface area (Å²) in [6.45, 7) is 2.83. The van der Waals surface area contributed by atoms with Gasteiger partial charge in [-0.25, -0.2) is 0 Å². The molecule has 1 heterocycles. The Morgan fingerprint density at radius 1 is 1.58 bits per heavy atom. The molecule has 0 spiro atoms. The molecule has 4 nitrogen and oxygen atoms in total. The second-order valence-electron chi connectivity index (χ2n) is 4.33. The summed E-state index contributed by atoms with van der Waals surface area (Å²) in [7, 11) is 0. The Hall–Kier alpha value is -1.59. The highest BCUT2D eigenvalue weighted by molar-refractivity contribution is 7.80. The van der Waals surface area contributed by atoms with Crippen molar-refractivity contribution in [1.82, 2.24) is 9.78 Å². The molecule has 0 saturated carbocycles. The molecule has 19 heavy (non-hydrogen) atoms. The average molecular weight is 295 g/mol. The van der Waals surface area contributed by atoms with Crippen LogP contribution in [0.3, 0.4) is 0 Å². The number of benzene rings is 1. The molecule has 3 N–H and O–H groups in total. The number of hydrogen-bond donors (Lipinski definition) is 2. The van der Waals surface area contributed by atoms with E-state index in [1.54, 1.807) is 12.3 Å². The summed E-state index contributed by atoms with van der Waals surface area (Å²) < 4.78 is 1.87. The summed E-state index contributed by atoms with van der Waals surface area (Å²) in [6.07, 6.45) is 3.69. The van der Waals surface area contributed by atoms with Gasteiger partial charge in [-0.3, -0.25) is 4.68 Å². The second kappa shape index (κ2) is 6.04. The normalized spacial score (nSPS) is 12.1. The first-order valence-corrected chi connectivity index (χ1v) is 6.68. The van der Waals surface area contributed by atoms with E-state index < -0.39 is 0 Å². The summed E-state index contributed by atoms with van der Waals surface area (Å²) in [5.41, 5.74) is 7.20. The Morgan fingerprint density at radius 2 is 2.37 bits per heavy atom. The molecule has 0 amide bonds. The number of nitrogens with two attached hydrogens (primary N) is 1. The van der Waals surface area contributed by atoms with Crippen molar-refractivity contribution in [2.45, 2.75) is 19.5 Å². The maximum Gasteiger partial charge on any atom is 0.104 e. The van der Waals surface area contributed by atoms with Crippen molar-refractivity contribution in [2.75, 3.05) is 5.32 Å². The molecule has 1 unspecified atom stereocenters. The Bertz CT molecular complexity index is 568. The number of rotatable bonds is 5. The fraction of sp³-hybridized carbons (Fsp3) is 0.231. The van der Waals surface area contributed by atoms with Crippen LogP contribution in [0.5, 0.6) is 0 Å². The van der Waals surface area contributed by atoms with Gasteiger partial charge in [0, 0.05) is 24.0 Å². The van der Waals surface area contributed by atoms with E-state index in [1.165, 1.54) is 0 Å². The van der Waals surface area contributed by atoms with E-state index in [2.05, 4.69) is 17.3 Å². The predicted octanol–water partition coefficient (Wildman–Crippen LogP) is 2.67. The van der Waals surface area contributed by atoms with Gasteiger partial charge >= 0.3 is 0 Å². The molecule has 6 heteroatoms. The summed E-state index contributed by atoms with van der Waals surface area (Å²) in [5, 5.41) is 8.11. The molecule has 1 aromatic heterocycles. The quantitative estimate of drug-likeness (QED) is 0.833. The van der Waals surface area contributed by atoms with Crippen LogP contribution in [0.25, 0.3) is 0 Å². The molecule has 0 bridgehead atoms. The van der Waals surface area contributed by atoms with E-state index >= 15 is 0 Å². The molecule has 0 aliphatic heterocycles. The highest BCUT2D eigenvalue weighted by atomic mass is 35.5. The Labute approximate surface area is 122 Å². The summed E-state index contributed by atoms with van der Waals surface area (Å²) in [5.74, 6) is 0. The molecule has 0 aliphatic carbocycles. The number of hydrogen-bond acceptors (Lipinski definition) is 3. The molecular weight excluding hydrogens is 280 g/mol. The lowest BCUT2D eigenvalue weighted by molar-refractivity contribution is 0.561. The summed E-state index contributed by atoms with van der Waals surface area (Å²) in [4.78, 5) is 0.345. The van der Waals surface area contributed by atoms with Gasteiger partial charge in [0.15, 0.2) is 0 Å². The fourth-order valence-electron chi connectivity index (χ4n) is 1.79. The molecule has 2 rings (SSSR count). The van der Waals surface area contributed by atoms with Crippen LogP contribution in [-0.2, 0) is 6.54 Å². The lowest BCUT2D eigenvalue weighted by Crippen LogP contribution is -2.22. The van der Waals surface area contributed by atoms with Crippen molar-refractivity contribution in [3.05, 3.63) is 47.2 Å². The van der Waals surface area contributed by atoms with Crippen LogP contribution in [0.2, 0.25) is 5.02 Å². The van der Waals surface area contributed by atoms with Gasteiger partial charge < -0.3 is 11.1 Å². The van der Waals surface area contributed by atoms with Gasteiger partial charge in [0.25, 0.3) is 0 Å². The molecule has 0 aliphatic rings. The smallest absolute Gasteiger partial charge is 0.104 e. The SMILES string of the molecule is CC(Cn1cccn1)Nc1ccc(C(N)=S)cc1Cl. The topological polar surface area (TPSA) is 55.9 Å². The van der Waals surface area contributed by atoms with E-state index in [4.69, 9.17) is 29.6 Å². The van der Waals surface area contributed by atoms with Crippen molar-refractivity contribution in [3.8, 4) is 0 Å². The lowest BCUT2D eigenvalue weighted by Gasteiger charge is -2.16. The molecule has 100 valence electrons. The number of thiocarbonyl (C=S) groups is 1. The standard InChI is InChI=1S/C13H15ClN4S/c1-9(8-18-6-2-5-16-18)17-12-4-3-10(13(15)19)7-11(12)14/h2-7,9,17H,8H2,1H3,(H2,15,19). The molecule has 0 saturated heterocycles. The van der Waals surface area contributed by atoms with E-state index in [0.29, 0.717) is 10.0 Å². The zero-order valence-electron chi connectivity index (χ0n) is 10.5. The molecule has 1 aromatic carbocycles. The van der Waals surface area contributed by atoms with Crippen LogP contribution >= 0.6 is 23.8 Å². The molecule has 0 radical (unpaired) electrons. The van der Waals surface area contributed by atoms with Crippen molar-refractivity contribution >= 4 is 34.5 Å². The third-order valence-corrected chi connectivity index (χ3v) is 3.22. The minimum absolute atomic E-state index is 0.202. The van der Waals surface area contributed by atoms with Crippen LogP contribution in [0, 0.1) is 0 Å². The molecular formula is C13H15ClN4S. The third-order valence-electron chi connectivity index (χ3n) is 2.68. The van der Waals surface area contributed by atoms with Crippen molar-refractivity contribution in [1.29, 1.82) is 0 Å². The van der Waals surface area contributed by atoms with Crippen molar-refractivity contribution in [3.63, 3.8) is 0 Å². The van der Waals surface area contributed by atoms with Gasteiger partial charge in [0.1, 0.15) is 4.99 Å². The first-order chi connectivity index (χ1) is 9.06. The fourth-order valence-corrected chi connectivity index (χ4v) is 2.15. The van der Waals surface area contributed by atoms with Crippen LogP contribution in [-0.4, -0.2) is 20.8 Å². The first-order valence-electron chi connectivity index (χ1n) is 5.89.